The van der Waals surface area contributed by atoms with Gasteiger partial charge in [0, 0.05) is 18.5 Å². The summed E-state index contributed by atoms with van der Waals surface area (Å²) < 4.78 is 5.46. The molecule has 1 nitrogen and oxygen atoms in total. The molecule has 0 bridgehead atoms. The number of ether oxygens (including phenoxy) is 1. The number of halogens is 1. The number of hydrogen-bond acceptors (Lipinski definition) is 1. The van der Waals surface area contributed by atoms with Crippen molar-refractivity contribution < 1.29 is 4.74 Å². The van der Waals surface area contributed by atoms with Gasteiger partial charge in [0.2, 0.25) is 0 Å². The minimum atomic E-state index is 0.608. The van der Waals surface area contributed by atoms with Crippen LogP contribution in [0.2, 0.25) is 0 Å². The second kappa shape index (κ2) is 6.84. The highest BCUT2D eigenvalue weighted by Crippen LogP contribution is 2.39. The first kappa shape index (κ1) is 12.5. The van der Waals surface area contributed by atoms with E-state index in [1.807, 2.05) is 0 Å². The lowest BCUT2D eigenvalue weighted by Gasteiger charge is -2.37. The summed E-state index contributed by atoms with van der Waals surface area (Å²) in [6.45, 7) is 4.25. The summed E-state index contributed by atoms with van der Waals surface area (Å²) in [6, 6.07) is 0. The zero-order valence-electron chi connectivity index (χ0n) is 9.36. The molecule has 1 aliphatic rings. The number of rotatable bonds is 6. The Bertz CT molecular complexity index is 136. The van der Waals surface area contributed by atoms with Gasteiger partial charge in [-0.15, -0.1) is 0 Å². The fourth-order valence-corrected chi connectivity index (χ4v) is 3.22. The maximum absolute atomic E-state index is 5.46. The molecule has 1 heterocycles. The molecule has 84 valence electrons. The molecule has 0 atom stereocenters. The molecule has 0 aliphatic carbocycles. The maximum atomic E-state index is 5.46. The van der Waals surface area contributed by atoms with Crippen molar-refractivity contribution >= 4 is 15.9 Å². The Kier molecular flexibility index (Phi) is 6.11. The van der Waals surface area contributed by atoms with E-state index >= 15 is 0 Å². The molecule has 0 N–H and O–H groups in total. The average molecular weight is 263 g/mol. The number of hydrogen-bond donors (Lipinski definition) is 0. The standard InChI is InChI=1S/C12H23BrO/c1-2-3-4-5-12(6-9-13)7-10-14-11-8-12/h2-11H2,1H3. The summed E-state index contributed by atoms with van der Waals surface area (Å²) in [7, 11) is 0. The van der Waals surface area contributed by atoms with Crippen LogP contribution in [-0.4, -0.2) is 18.5 Å². The van der Waals surface area contributed by atoms with E-state index in [2.05, 4.69) is 22.9 Å². The first-order valence-corrected chi connectivity index (χ1v) is 7.09. The predicted octanol–water partition coefficient (Wildman–Crippen LogP) is 4.15. The zero-order valence-corrected chi connectivity index (χ0v) is 10.9. The summed E-state index contributed by atoms with van der Waals surface area (Å²) in [5, 5.41) is 1.15. The van der Waals surface area contributed by atoms with E-state index in [4.69, 9.17) is 4.74 Å². The van der Waals surface area contributed by atoms with Crippen molar-refractivity contribution in [3.05, 3.63) is 0 Å². The lowest BCUT2D eigenvalue weighted by molar-refractivity contribution is 0.00757. The summed E-state index contributed by atoms with van der Waals surface area (Å²) in [4.78, 5) is 0. The molecule has 0 spiro atoms. The maximum Gasteiger partial charge on any atom is 0.0471 e. The zero-order chi connectivity index (χ0) is 10.3. The quantitative estimate of drug-likeness (QED) is 0.516. The number of alkyl halides is 1. The van der Waals surface area contributed by atoms with Gasteiger partial charge in [-0.25, -0.2) is 0 Å². The normalized spacial score (nSPS) is 21.0. The second-order valence-electron chi connectivity index (χ2n) is 4.51. The molecule has 0 aromatic carbocycles. The minimum Gasteiger partial charge on any atom is -0.381 e. The molecule has 0 unspecified atom stereocenters. The highest BCUT2D eigenvalue weighted by molar-refractivity contribution is 9.09. The number of unbranched alkanes of at least 4 members (excludes halogenated alkanes) is 2. The van der Waals surface area contributed by atoms with Gasteiger partial charge in [-0.1, -0.05) is 42.1 Å². The van der Waals surface area contributed by atoms with E-state index in [1.165, 1.54) is 44.9 Å². The van der Waals surface area contributed by atoms with E-state index in [0.717, 1.165) is 18.5 Å². The summed E-state index contributed by atoms with van der Waals surface area (Å²) in [5.41, 5.74) is 0.608. The van der Waals surface area contributed by atoms with E-state index < -0.39 is 0 Å². The fraction of sp³-hybridized carbons (Fsp3) is 1.00. The monoisotopic (exact) mass is 262 g/mol. The SMILES string of the molecule is CCCCCC1(CCBr)CCOCC1. The van der Waals surface area contributed by atoms with Crippen molar-refractivity contribution in [2.24, 2.45) is 5.41 Å². The van der Waals surface area contributed by atoms with Crippen LogP contribution in [0.5, 0.6) is 0 Å². The van der Waals surface area contributed by atoms with E-state index in [1.54, 1.807) is 0 Å². The van der Waals surface area contributed by atoms with Crippen LogP contribution in [0.25, 0.3) is 0 Å². The van der Waals surface area contributed by atoms with Crippen molar-refractivity contribution in [3.8, 4) is 0 Å². The Morgan fingerprint density at radius 2 is 1.86 bits per heavy atom. The van der Waals surface area contributed by atoms with Gasteiger partial charge < -0.3 is 4.74 Å². The lowest BCUT2D eigenvalue weighted by Crippen LogP contribution is -2.30. The van der Waals surface area contributed by atoms with Crippen LogP contribution in [0.15, 0.2) is 0 Å². The second-order valence-corrected chi connectivity index (χ2v) is 5.30. The Morgan fingerprint density at radius 1 is 1.14 bits per heavy atom. The van der Waals surface area contributed by atoms with Crippen molar-refractivity contribution in [1.82, 2.24) is 0 Å². The Morgan fingerprint density at radius 3 is 2.43 bits per heavy atom. The first-order valence-electron chi connectivity index (χ1n) is 5.97. The van der Waals surface area contributed by atoms with Crippen LogP contribution in [0.3, 0.4) is 0 Å². The van der Waals surface area contributed by atoms with Crippen molar-refractivity contribution in [2.75, 3.05) is 18.5 Å². The van der Waals surface area contributed by atoms with Gasteiger partial charge in [-0.3, -0.25) is 0 Å². The Hall–Kier alpha value is 0.440. The van der Waals surface area contributed by atoms with Gasteiger partial charge in [-0.05, 0) is 31.1 Å². The third-order valence-corrected chi connectivity index (χ3v) is 3.89. The van der Waals surface area contributed by atoms with Crippen LogP contribution in [-0.2, 0) is 4.74 Å². The van der Waals surface area contributed by atoms with Gasteiger partial charge in [0.05, 0.1) is 0 Å². The third kappa shape index (κ3) is 3.90. The smallest absolute Gasteiger partial charge is 0.0471 e. The van der Waals surface area contributed by atoms with Crippen LogP contribution in [0.4, 0.5) is 0 Å². The molecule has 1 aliphatic heterocycles. The molecule has 0 radical (unpaired) electrons. The Balaban J connectivity index is 2.34. The summed E-state index contributed by atoms with van der Waals surface area (Å²) in [6.07, 6.45) is 9.44. The molecule has 2 heteroatoms. The molecule has 0 aromatic heterocycles. The van der Waals surface area contributed by atoms with Crippen molar-refractivity contribution in [1.29, 1.82) is 0 Å². The molecule has 0 saturated carbocycles. The van der Waals surface area contributed by atoms with E-state index in [9.17, 15) is 0 Å². The predicted molar refractivity (Wildman–Crippen MR) is 65.0 cm³/mol. The highest BCUT2D eigenvalue weighted by Gasteiger charge is 2.30. The largest absolute Gasteiger partial charge is 0.381 e. The topological polar surface area (TPSA) is 9.23 Å². The molecule has 0 amide bonds. The molecular formula is C12H23BrO. The molecular weight excluding hydrogens is 240 g/mol. The fourth-order valence-electron chi connectivity index (χ4n) is 2.38. The Labute approximate surface area is 96.7 Å². The van der Waals surface area contributed by atoms with Crippen LogP contribution < -0.4 is 0 Å². The van der Waals surface area contributed by atoms with Gasteiger partial charge in [0.25, 0.3) is 0 Å². The molecule has 1 fully saturated rings. The van der Waals surface area contributed by atoms with Gasteiger partial charge >= 0.3 is 0 Å². The van der Waals surface area contributed by atoms with Crippen molar-refractivity contribution in [3.63, 3.8) is 0 Å². The van der Waals surface area contributed by atoms with E-state index in [-0.39, 0.29) is 0 Å². The average Bonchev–Trinajstić information content (AvgIpc) is 2.20. The van der Waals surface area contributed by atoms with Gasteiger partial charge in [-0.2, -0.15) is 0 Å². The summed E-state index contributed by atoms with van der Waals surface area (Å²) in [5.74, 6) is 0. The lowest BCUT2D eigenvalue weighted by atomic mass is 9.74. The molecule has 1 saturated heterocycles. The van der Waals surface area contributed by atoms with E-state index in [0.29, 0.717) is 5.41 Å². The van der Waals surface area contributed by atoms with Crippen molar-refractivity contribution in [2.45, 2.75) is 51.9 Å². The van der Waals surface area contributed by atoms with Crippen LogP contribution in [0, 0.1) is 5.41 Å². The summed E-state index contributed by atoms with van der Waals surface area (Å²) >= 11 is 3.59. The van der Waals surface area contributed by atoms with Gasteiger partial charge in [0.15, 0.2) is 0 Å². The first-order chi connectivity index (χ1) is 6.83. The minimum absolute atomic E-state index is 0.608. The highest BCUT2D eigenvalue weighted by atomic mass is 79.9. The molecule has 0 aromatic rings. The molecule has 1 rings (SSSR count). The third-order valence-electron chi connectivity index (χ3n) is 3.49. The van der Waals surface area contributed by atoms with Gasteiger partial charge in [0.1, 0.15) is 0 Å². The van der Waals surface area contributed by atoms with Crippen LogP contribution in [0.1, 0.15) is 51.9 Å². The molecule has 14 heavy (non-hydrogen) atoms. The van der Waals surface area contributed by atoms with Crippen LogP contribution >= 0.6 is 15.9 Å².